The number of likely N-dealkylation sites (tertiary alicyclic amines) is 1. The zero-order chi connectivity index (χ0) is 16.3. The molecule has 0 radical (unpaired) electrons. The molecule has 22 heavy (non-hydrogen) atoms. The van der Waals surface area contributed by atoms with Gasteiger partial charge in [0.15, 0.2) is 0 Å². The van der Waals surface area contributed by atoms with Crippen molar-refractivity contribution < 1.29 is 22.8 Å². The molecule has 4 nitrogen and oxygen atoms in total. The Kier molecular flexibility index (Phi) is 5.10. The first-order chi connectivity index (χ1) is 10.3. The van der Waals surface area contributed by atoms with Gasteiger partial charge in [-0.3, -0.25) is 9.59 Å². The van der Waals surface area contributed by atoms with Crippen LogP contribution in [0.1, 0.15) is 29.4 Å². The quantitative estimate of drug-likeness (QED) is 0.924. The topological polar surface area (TPSA) is 49.4 Å². The summed E-state index contributed by atoms with van der Waals surface area (Å²) < 4.78 is 38.3. The second-order valence-corrected chi connectivity index (χ2v) is 6.29. The van der Waals surface area contributed by atoms with E-state index in [1.807, 2.05) is 0 Å². The number of rotatable bonds is 3. The minimum atomic E-state index is -4.29. The van der Waals surface area contributed by atoms with Crippen molar-refractivity contribution >= 4 is 23.2 Å². The van der Waals surface area contributed by atoms with Gasteiger partial charge in [0.05, 0.1) is 10.8 Å². The molecule has 0 spiro atoms. The number of alkyl halides is 3. The SMILES string of the molecule is CC(NC(=O)c1cccs1)C(=O)N1CCCC(C(F)(F)F)C1. The largest absolute Gasteiger partial charge is 0.393 e. The maximum atomic E-state index is 12.8. The van der Waals surface area contributed by atoms with Gasteiger partial charge in [-0.15, -0.1) is 11.3 Å². The highest BCUT2D eigenvalue weighted by Crippen LogP contribution is 2.33. The predicted molar refractivity (Wildman–Crippen MR) is 76.6 cm³/mol. The molecular weight excluding hydrogens is 317 g/mol. The van der Waals surface area contributed by atoms with Gasteiger partial charge < -0.3 is 10.2 Å². The molecule has 2 rings (SSSR count). The van der Waals surface area contributed by atoms with Crippen molar-refractivity contribution in [3.63, 3.8) is 0 Å². The van der Waals surface area contributed by atoms with Crippen molar-refractivity contribution in [3.8, 4) is 0 Å². The summed E-state index contributed by atoms with van der Waals surface area (Å²) in [5.41, 5.74) is 0. The van der Waals surface area contributed by atoms with E-state index in [-0.39, 0.29) is 18.9 Å². The van der Waals surface area contributed by atoms with Gasteiger partial charge in [0.2, 0.25) is 5.91 Å². The van der Waals surface area contributed by atoms with Gasteiger partial charge in [-0.1, -0.05) is 6.07 Å². The van der Waals surface area contributed by atoms with Gasteiger partial charge in [-0.25, -0.2) is 0 Å². The molecule has 2 heterocycles. The number of nitrogens with one attached hydrogen (secondary N) is 1. The molecule has 1 aromatic rings. The smallest absolute Gasteiger partial charge is 0.340 e. The molecule has 1 aliphatic rings. The number of piperidine rings is 1. The van der Waals surface area contributed by atoms with E-state index in [0.717, 1.165) is 0 Å². The van der Waals surface area contributed by atoms with E-state index >= 15 is 0 Å². The molecular formula is C14H17F3N2O2S. The van der Waals surface area contributed by atoms with Crippen LogP contribution in [0, 0.1) is 5.92 Å². The average molecular weight is 334 g/mol. The molecule has 1 aliphatic heterocycles. The molecule has 2 amide bonds. The summed E-state index contributed by atoms with van der Waals surface area (Å²) in [5.74, 6) is -2.34. The van der Waals surface area contributed by atoms with Crippen LogP contribution in [-0.4, -0.2) is 42.0 Å². The van der Waals surface area contributed by atoms with Gasteiger partial charge in [0.1, 0.15) is 6.04 Å². The minimum absolute atomic E-state index is 0.0449. The lowest BCUT2D eigenvalue weighted by Gasteiger charge is -2.35. The molecule has 1 N–H and O–H groups in total. The van der Waals surface area contributed by atoms with Crippen molar-refractivity contribution in [2.45, 2.75) is 32.0 Å². The third-order valence-corrected chi connectivity index (χ3v) is 4.53. The average Bonchev–Trinajstić information content (AvgIpc) is 3.00. The number of carbonyl (C=O) groups excluding carboxylic acids is 2. The van der Waals surface area contributed by atoms with Crippen LogP contribution in [0.2, 0.25) is 0 Å². The fourth-order valence-corrected chi connectivity index (χ4v) is 3.08. The molecule has 0 aliphatic carbocycles. The summed E-state index contributed by atoms with van der Waals surface area (Å²) in [7, 11) is 0. The van der Waals surface area contributed by atoms with Gasteiger partial charge in [0, 0.05) is 13.1 Å². The van der Waals surface area contributed by atoms with Crippen molar-refractivity contribution in [1.82, 2.24) is 10.2 Å². The lowest BCUT2D eigenvalue weighted by atomic mass is 9.97. The molecule has 1 aromatic heterocycles. The highest BCUT2D eigenvalue weighted by molar-refractivity contribution is 7.12. The summed E-state index contributed by atoms with van der Waals surface area (Å²) in [6.45, 7) is 1.46. The third-order valence-electron chi connectivity index (χ3n) is 3.66. The number of nitrogens with zero attached hydrogens (tertiary/aromatic N) is 1. The fraction of sp³-hybridized carbons (Fsp3) is 0.571. The molecule has 1 saturated heterocycles. The van der Waals surface area contributed by atoms with Crippen LogP contribution >= 0.6 is 11.3 Å². The number of hydrogen-bond donors (Lipinski definition) is 1. The van der Waals surface area contributed by atoms with Crippen molar-refractivity contribution in [3.05, 3.63) is 22.4 Å². The molecule has 2 atom stereocenters. The first kappa shape index (κ1) is 16.8. The van der Waals surface area contributed by atoms with E-state index in [1.165, 1.54) is 23.2 Å². The Balaban J connectivity index is 1.94. The highest BCUT2D eigenvalue weighted by atomic mass is 32.1. The second kappa shape index (κ2) is 6.68. The number of carbonyl (C=O) groups is 2. The zero-order valence-corrected chi connectivity index (χ0v) is 12.8. The van der Waals surface area contributed by atoms with E-state index in [1.54, 1.807) is 17.5 Å². The number of thiophene rings is 1. The summed E-state index contributed by atoms with van der Waals surface area (Å²) in [6.07, 6.45) is -3.92. The maximum Gasteiger partial charge on any atom is 0.393 e. The van der Waals surface area contributed by atoms with Crippen LogP contribution in [0.25, 0.3) is 0 Å². The molecule has 0 saturated carbocycles. The fourth-order valence-electron chi connectivity index (χ4n) is 2.46. The van der Waals surface area contributed by atoms with E-state index in [9.17, 15) is 22.8 Å². The number of hydrogen-bond acceptors (Lipinski definition) is 3. The maximum absolute atomic E-state index is 12.8. The Morgan fingerprint density at radius 3 is 2.77 bits per heavy atom. The molecule has 8 heteroatoms. The third kappa shape index (κ3) is 4.00. The van der Waals surface area contributed by atoms with Gasteiger partial charge in [-0.05, 0) is 31.2 Å². The Hall–Kier alpha value is -1.57. The summed E-state index contributed by atoms with van der Waals surface area (Å²) in [5, 5.41) is 4.27. The van der Waals surface area contributed by atoms with E-state index in [0.29, 0.717) is 17.8 Å². The number of halogens is 3. The minimum Gasteiger partial charge on any atom is -0.340 e. The Labute approximate surface area is 130 Å². The van der Waals surface area contributed by atoms with Gasteiger partial charge >= 0.3 is 6.18 Å². The lowest BCUT2D eigenvalue weighted by Crippen LogP contribution is -2.51. The highest BCUT2D eigenvalue weighted by Gasteiger charge is 2.43. The van der Waals surface area contributed by atoms with Crippen molar-refractivity contribution in [1.29, 1.82) is 0 Å². The first-order valence-corrected chi connectivity index (χ1v) is 7.87. The monoisotopic (exact) mass is 334 g/mol. The zero-order valence-electron chi connectivity index (χ0n) is 12.0. The Morgan fingerprint density at radius 2 is 2.18 bits per heavy atom. The van der Waals surface area contributed by atoms with Crippen LogP contribution in [0.4, 0.5) is 13.2 Å². The molecule has 1 fully saturated rings. The van der Waals surface area contributed by atoms with Gasteiger partial charge in [-0.2, -0.15) is 13.2 Å². The summed E-state index contributed by atoms with van der Waals surface area (Å²) in [4.78, 5) is 25.8. The predicted octanol–water partition coefficient (Wildman–Crippen LogP) is 2.67. The Bertz CT molecular complexity index is 531. The summed E-state index contributed by atoms with van der Waals surface area (Å²) in [6, 6.07) is 2.49. The number of amides is 2. The lowest BCUT2D eigenvalue weighted by molar-refractivity contribution is -0.188. The normalized spacial score (nSPS) is 20.5. The summed E-state index contributed by atoms with van der Waals surface area (Å²) >= 11 is 1.24. The van der Waals surface area contributed by atoms with E-state index < -0.39 is 24.0 Å². The molecule has 122 valence electrons. The first-order valence-electron chi connectivity index (χ1n) is 6.99. The standard InChI is InChI=1S/C14H17F3N2O2S/c1-9(18-12(20)11-5-3-7-22-11)13(21)19-6-2-4-10(8-19)14(15,16)17/h3,5,7,9-10H,2,4,6,8H2,1H3,(H,18,20). The van der Waals surface area contributed by atoms with Crippen LogP contribution < -0.4 is 5.32 Å². The van der Waals surface area contributed by atoms with E-state index in [2.05, 4.69) is 5.32 Å². The Morgan fingerprint density at radius 1 is 1.45 bits per heavy atom. The van der Waals surface area contributed by atoms with Crippen molar-refractivity contribution in [2.75, 3.05) is 13.1 Å². The van der Waals surface area contributed by atoms with Gasteiger partial charge in [0.25, 0.3) is 5.91 Å². The van der Waals surface area contributed by atoms with Crippen molar-refractivity contribution in [2.24, 2.45) is 5.92 Å². The van der Waals surface area contributed by atoms with Crippen LogP contribution in [0.15, 0.2) is 17.5 Å². The van der Waals surface area contributed by atoms with E-state index in [4.69, 9.17) is 0 Å². The molecule has 0 bridgehead atoms. The van der Waals surface area contributed by atoms with Crippen LogP contribution in [-0.2, 0) is 4.79 Å². The van der Waals surface area contributed by atoms with Crippen LogP contribution in [0.3, 0.4) is 0 Å². The van der Waals surface area contributed by atoms with Crippen LogP contribution in [0.5, 0.6) is 0 Å². The molecule has 2 unspecified atom stereocenters. The second-order valence-electron chi connectivity index (χ2n) is 5.34. The molecule has 0 aromatic carbocycles.